The Bertz CT molecular complexity index is 876. The van der Waals surface area contributed by atoms with Gasteiger partial charge in [-0.2, -0.15) is 6.07 Å². The maximum atomic E-state index is 9.14. The van der Waals surface area contributed by atoms with Gasteiger partial charge in [0.25, 0.3) is 0 Å². The molecule has 0 heterocycles. The second-order valence-electron chi connectivity index (χ2n) is 5.96. The van der Waals surface area contributed by atoms with Gasteiger partial charge < -0.3 is 20.0 Å². The molecule has 1 nitrogen and oxygen atoms in total. The average Bonchev–Trinajstić information content (AvgIpc) is 3.23. The van der Waals surface area contributed by atoms with E-state index in [1.165, 1.54) is 56.4 Å². The molecule has 0 bridgehead atoms. The van der Waals surface area contributed by atoms with Gasteiger partial charge in [0.05, 0.1) is 0 Å². The molecule has 0 aromatic heterocycles. The minimum atomic E-state index is 0. The molecule has 5 heteroatoms. The number of allylic oxidation sites excluding steroid dienone is 2. The van der Waals surface area contributed by atoms with Crippen LogP contribution >= 0.6 is 24.8 Å². The Hall–Kier alpha value is -0.570. The first-order valence-electron chi connectivity index (χ1n) is 8.18. The summed E-state index contributed by atoms with van der Waals surface area (Å²) in [5.41, 5.74) is 5.51. The van der Waals surface area contributed by atoms with Gasteiger partial charge in [-0.05, 0) is 35.5 Å². The molecule has 0 fully saturated rings. The van der Waals surface area contributed by atoms with E-state index in [2.05, 4.69) is 73.6 Å². The molecule has 0 saturated heterocycles. The Morgan fingerprint density at radius 3 is 2.29 bits per heavy atom. The Morgan fingerprint density at radius 2 is 1.57 bits per heavy atom. The van der Waals surface area contributed by atoms with Gasteiger partial charge in [-0.15, -0.1) is 65.4 Å². The fourth-order valence-electron chi connectivity index (χ4n) is 3.63. The number of aliphatic hydroxyl groups is 1. The van der Waals surface area contributed by atoms with Crippen molar-refractivity contribution in [3.8, 4) is 0 Å². The monoisotopic (exact) mass is 507 g/mol. The van der Waals surface area contributed by atoms with Gasteiger partial charge in [-0.25, -0.2) is 0 Å². The van der Waals surface area contributed by atoms with Crippen LogP contribution < -0.4 is 0 Å². The third kappa shape index (κ3) is 5.97. The molecule has 1 unspecified atom stereocenters. The van der Waals surface area contributed by atoms with Crippen LogP contribution in [0.25, 0.3) is 16.3 Å². The molecule has 4 rings (SSSR count). The zero-order valence-corrected chi connectivity index (χ0v) is 21.4. The van der Waals surface area contributed by atoms with Crippen LogP contribution in [0.15, 0.2) is 66.7 Å². The molecular weight excluding hydrogens is 482 g/mol. The van der Waals surface area contributed by atoms with Crippen LogP contribution in [0.5, 0.6) is 0 Å². The van der Waals surface area contributed by atoms with Gasteiger partial charge in [0.15, 0.2) is 0 Å². The molecule has 1 aliphatic carbocycles. The van der Waals surface area contributed by atoms with Gasteiger partial charge >= 0.3 is 30.2 Å². The molecule has 0 saturated carbocycles. The van der Waals surface area contributed by atoms with E-state index in [4.69, 9.17) is 5.11 Å². The number of rotatable bonds is 4. The third-order valence-electron chi connectivity index (χ3n) is 4.66. The van der Waals surface area contributed by atoms with E-state index in [0.717, 1.165) is 12.8 Å². The fourth-order valence-corrected chi connectivity index (χ4v) is 3.63. The summed E-state index contributed by atoms with van der Waals surface area (Å²) < 4.78 is 0. The molecule has 0 aliphatic heterocycles. The number of hydrogen-bond acceptors (Lipinski definition) is 1. The average molecular weight is 510 g/mol. The van der Waals surface area contributed by atoms with Crippen molar-refractivity contribution in [1.29, 1.82) is 0 Å². The fraction of sp³-hybridized carbons (Fsp3) is 0.174. The summed E-state index contributed by atoms with van der Waals surface area (Å²) in [6.07, 6.45) is 4.17. The van der Waals surface area contributed by atoms with E-state index in [0.29, 0.717) is 5.92 Å². The first-order chi connectivity index (χ1) is 11.9. The zero-order valence-electron chi connectivity index (χ0n) is 16.3. The van der Waals surface area contributed by atoms with E-state index in [1.54, 1.807) is 0 Å². The van der Waals surface area contributed by atoms with Crippen molar-refractivity contribution in [2.45, 2.75) is 18.8 Å². The second-order valence-corrected chi connectivity index (χ2v) is 5.96. The summed E-state index contributed by atoms with van der Waals surface area (Å²) in [7, 11) is 0. The van der Waals surface area contributed by atoms with Crippen molar-refractivity contribution >= 4 is 48.0 Å². The van der Waals surface area contributed by atoms with E-state index in [9.17, 15) is 0 Å². The van der Waals surface area contributed by atoms with Crippen LogP contribution in [-0.4, -0.2) is 18.6 Å². The number of halogens is 2. The molecule has 1 N–H and O–H groups in total. The Kier molecular flexibility index (Phi) is 15.3. The number of hydrogen-bond donors (Lipinski definition) is 1. The molecule has 28 heavy (non-hydrogen) atoms. The van der Waals surface area contributed by atoms with E-state index >= 15 is 0 Å². The van der Waals surface area contributed by atoms with Crippen molar-refractivity contribution in [1.82, 2.24) is 0 Å². The van der Waals surface area contributed by atoms with Gasteiger partial charge in [-0.1, -0.05) is 36.4 Å². The van der Waals surface area contributed by atoms with Crippen LogP contribution in [-0.2, 0) is 23.3 Å². The first kappa shape index (κ1) is 29.6. The van der Waals surface area contributed by atoms with E-state index in [-0.39, 0.29) is 46.3 Å². The van der Waals surface area contributed by atoms with Crippen molar-refractivity contribution < 1.29 is 28.4 Å². The predicted molar refractivity (Wildman–Crippen MR) is 125 cm³/mol. The SMILES string of the molecule is Cl.Cl.OCCCC1=CC([c-]2ccc3ccccc32)c2ccccc21.[CH3-].[CH3-].[Si]=[Zr]. The quantitative estimate of drug-likeness (QED) is 0.327. The van der Waals surface area contributed by atoms with Gasteiger partial charge in [0.2, 0.25) is 0 Å². The van der Waals surface area contributed by atoms with Gasteiger partial charge in [0, 0.05) is 6.61 Å². The Labute approximate surface area is 199 Å². The van der Waals surface area contributed by atoms with E-state index in [1.807, 2.05) is 0 Å². The molecule has 150 valence electrons. The van der Waals surface area contributed by atoms with Gasteiger partial charge in [-0.3, -0.25) is 0 Å². The summed E-state index contributed by atoms with van der Waals surface area (Å²) in [5, 5.41) is 11.8. The molecule has 3 aromatic carbocycles. The number of aliphatic hydroxyl groups excluding tert-OH is 1. The van der Waals surface area contributed by atoms with Crippen LogP contribution in [0, 0.1) is 14.9 Å². The molecule has 1 aliphatic rings. The summed E-state index contributed by atoms with van der Waals surface area (Å²) in [6.45, 7) is 3.32. The first-order valence-corrected chi connectivity index (χ1v) is 12.4. The van der Waals surface area contributed by atoms with E-state index < -0.39 is 0 Å². The molecule has 1 atom stereocenters. The molecular formula is C23H27Cl2OSiZr-3. The van der Waals surface area contributed by atoms with Crippen molar-refractivity contribution in [3.05, 3.63) is 98.3 Å². The predicted octanol–water partition coefficient (Wildman–Crippen LogP) is 6.22. The molecule has 2 radical (unpaired) electrons. The second kappa shape index (κ2) is 14.4. The summed E-state index contributed by atoms with van der Waals surface area (Å²) in [4.78, 5) is 0. The summed E-state index contributed by atoms with van der Waals surface area (Å²) in [5.74, 6) is 0.338. The van der Waals surface area contributed by atoms with Crippen molar-refractivity contribution in [2.24, 2.45) is 0 Å². The topological polar surface area (TPSA) is 20.2 Å². The standard InChI is InChI=1S/C21H19O.2CH3.2ClH.Si.Zr/c22-13-5-7-16-14-21(19-10-4-3-9-18(16)19)20-12-11-15-6-1-2-8-17(15)20;;;;;;/h1-4,6,8-12,14,21-22H,5,7,13H2;2*1H3;2*1H;;/q3*-1;;;;. The minimum absolute atomic E-state index is 0. The Balaban J connectivity index is 0. The molecule has 3 aromatic rings. The van der Waals surface area contributed by atoms with Crippen LogP contribution in [0.1, 0.15) is 35.4 Å². The maximum absolute atomic E-state index is 9.14. The molecule has 0 amide bonds. The van der Waals surface area contributed by atoms with Crippen molar-refractivity contribution in [2.75, 3.05) is 6.61 Å². The summed E-state index contributed by atoms with van der Waals surface area (Å²) >= 11 is 1.36. The zero-order chi connectivity index (χ0) is 16.9. The normalized spacial score (nSPS) is 13.3. The molecule has 0 spiro atoms. The summed E-state index contributed by atoms with van der Waals surface area (Å²) in [6, 6.07) is 21.8. The third-order valence-corrected chi connectivity index (χ3v) is 4.66. The Morgan fingerprint density at radius 1 is 0.929 bits per heavy atom. The number of benzene rings is 2. The van der Waals surface area contributed by atoms with Gasteiger partial charge in [0.1, 0.15) is 0 Å². The van der Waals surface area contributed by atoms with Crippen LogP contribution in [0.2, 0.25) is 0 Å². The number of fused-ring (bicyclic) bond motifs is 2. The van der Waals surface area contributed by atoms with Crippen molar-refractivity contribution in [3.63, 3.8) is 0 Å². The van der Waals surface area contributed by atoms with Crippen LogP contribution in [0.4, 0.5) is 0 Å². The van der Waals surface area contributed by atoms with Crippen LogP contribution in [0.3, 0.4) is 0 Å².